The molecule has 2 atom stereocenters. The molecule has 20 heavy (non-hydrogen) atoms. The van der Waals surface area contributed by atoms with E-state index in [2.05, 4.69) is 5.32 Å². The minimum atomic E-state index is -0.709. The molecular formula is C16H18N2OS. The summed E-state index contributed by atoms with van der Waals surface area (Å²) in [6.45, 7) is 1.77. The highest BCUT2D eigenvalue weighted by molar-refractivity contribution is 7.10. The predicted molar refractivity (Wildman–Crippen MR) is 81.7 cm³/mol. The van der Waals surface area contributed by atoms with Crippen molar-refractivity contribution in [1.82, 2.24) is 5.32 Å². The quantitative estimate of drug-likeness (QED) is 0.904. The molecule has 1 unspecified atom stereocenters. The molecule has 1 saturated heterocycles. The van der Waals surface area contributed by atoms with Gasteiger partial charge in [-0.1, -0.05) is 36.4 Å². The van der Waals surface area contributed by atoms with E-state index in [1.165, 1.54) is 0 Å². The summed E-state index contributed by atoms with van der Waals surface area (Å²) in [5.41, 5.74) is 6.21. The van der Waals surface area contributed by atoms with Crippen molar-refractivity contribution in [3.05, 3.63) is 58.3 Å². The lowest BCUT2D eigenvalue weighted by atomic mass is 9.68. The van der Waals surface area contributed by atoms with Crippen LogP contribution in [-0.2, 0) is 10.2 Å². The van der Waals surface area contributed by atoms with E-state index in [1.54, 1.807) is 11.3 Å². The largest absolute Gasteiger partial charge is 0.369 e. The van der Waals surface area contributed by atoms with Gasteiger partial charge in [-0.2, -0.15) is 0 Å². The number of amides is 1. The van der Waals surface area contributed by atoms with Crippen LogP contribution in [0.1, 0.15) is 16.9 Å². The summed E-state index contributed by atoms with van der Waals surface area (Å²) in [6.07, 6.45) is 0.968. The Hall–Kier alpha value is -1.65. The van der Waals surface area contributed by atoms with Crippen LogP contribution in [-0.4, -0.2) is 19.0 Å². The Morgan fingerprint density at radius 3 is 2.60 bits per heavy atom. The highest BCUT2D eigenvalue weighted by Crippen LogP contribution is 2.43. The zero-order chi connectivity index (χ0) is 14.0. The van der Waals surface area contributed by atoms with Crippen LogP contribution in [0, 0.1) is 5.92 Å². The van der Waals surface area contributed by atoms with Gasteiger partial charge in [0.25, 0.3) is 0 Å². The number of nitrogens with two attached hydrogens (primary N) is 1. The first-order valence-electron chi connectivity index (χ1n) is 6.86. The number of hydrogen-bond acceptors (Lipinski definition) is 3. The summed E-state index contributed by atoms with van der Waals surface area (Å²) in [6, 6.07) is 14.0. The molecule has 2 aromatic rings. The number of nitrogens with one attached hydrogen (secondary N) is 1. The summed E-state index contributed by atoms with van der Waals surface area (Å²) in [5, 5.41) is 5.37. The van der Waals surface area contributed by atoms with Crippen LogP contribution in [0.3, 0.4) is 0 Å². The second-order valence-electron chi connectivity index (χ2n) is 5.21. The molecule has 3 nitrogen and oxygen atoms in total. The molecule has 1 aromatic heterocycles. The van der Waals surface area contributed by atoms with Crippen LogP contribution in [0.2, 0.25) is 0 Å². The first-order valence-corrected chi connectivity index (χ1v) is 7.74. The molecule has 1 fully saturated rings. The van der Waals surface area contributed by atoms with Gasteiger partial charge in [-0.05, 0) is 42.4 Å². The van der Waals surface area contributed by atoms with Crippen molar-refractivity contribution in [2.75, 3.05) is 13.1 Å². The minimum absolute atomic E-state index is 0.209. The van der Waals surface area contributed by atoms with Gasteiger partial charge in [-0.25, -0.2) is 0 Å². The van der Waals surface area contributed by atoms with Gasteiger partial charge in [-0.3, -0.25) is 4.79 Å². The van der Waals surface area contributed by atoms with E-state index >= 15 is 0 Å². The number of carbonyl (C=O) groups is 1. The smallest absolute Gasteiger partial charge is 0.233 e. The van der Waals surface area contributed by atoms with Crippen LogP contribution in [0.15, 0.2) is 47.8 Å². The van der Waals surface area contributed by atoms with Crippen molar-refractivity contribution < 1.29 is 4.79 Å². The number of carbonyl (C=O) groups excluding carboxylic acids is 1. The van der Waals surface area contributed by atoms with E-state index in [1.807, 2.05) is 47.8 Å². The molecule has 1 aliphatic rings. The van der Waals surface area contributed by atoms with E-state index in [0.717, 1.165) is 30.0 Å². The zero-order valence-electron chi connectivity index (χ0n) is 11.2. The molecule has 1 aromatic carbocycles. The van der Waals surface area contributed by atoms with Crippen molar-refractivity contribution in [3.63, 3.8) is 0 Å². The van der Waals surface area contributed by atoms with Crippen molar-refractivity contribution in [1.29, 1.82) is 0 Å². The Bertz CT molecular complexity index is 576. The molecule has 104 valence electrons. The fraction of sp³-hybridized carbons (Fsp3) is 0.312. The fourth-order valence-electron chi connectivity index (χ4n) is 3.27. The van der Waals surface area contributed by atoms with Crippen LogP contribution in [0.25, 0.3) is 0 Å². The Morgan fingerprint density at radius 2 is 2.05 bits per heavy atom. The Balaban J connectivity index is 2.22. The van der Waals surface area contributed by atoms with Gasteiger partial charge in [0.15, 0.2) is 0 Å². The fourth-order valence-corrected chi connectivity index (χ4v) is 4.30. The first kappa shape index (κ1) is 13.3. The van der Waals surface area contributed by atoms with Crippen molar-refractivity contribution in [2.45, 2.75) is 11.8 Å². The van der Waals surface area contributed by atoms with Crippen molar-refractivity contribution in [2.24, 2.45) is 11.7 Å². The summed E-state index contributed by atoms with van der Waals surface area (Å²) >= 11 is 1.61. The van der Waals surface area contributed by atoms with Gasteiger partial charge >= 0.3 is 0 Å². The van der Waals surface area contributed by atoms with E-state index in [9.17, 15) is 4.79 Å². The Morgan fingerprint density at radius 1 is 1.25 bits per heavy atom. The average Bonchev–Trinajstić information content (AvgIpc) is 3.14. The Labute approximate surface area is 122 Å². The molecule has 0 aliphatic carbocycles. The standard InChI is InChI=1S/C16H18N2OS/c17-15(19)16(13-8-9-18-11-13,14-7-4-10-20-14)12-5-2-1-3-6-12/h1-7,10,13,18H,8-9,11H2,(H2,17,19)/t13-,16?/m1/s1. The van der Waals surface area contributed by atoms with E-state index in [4.69, 9.17) is 5.73 Å². The van der Waals surface area contributed by atoms with Crippen LogP contribution < -0.4 is 11.1 Å². The number of primary amides is 1. The summed E-state index contributed by atoms with van der Waals surface area (Å²) in [7, 11) is 0. The third kappa shape index (κ3) is 1.96. The normalized spacial score (nSPS) is 21.5. The molecule has 4 heteroatoms. The minimum Gasteiger partial charge on any atom is -0.369 e. The second-order valence-corrected chi connectivity index (χ2v) is 6.15. The van der Waals surface area contributed by atoms with E-state index < -0.39 is 5.41 Å². The molecule has 1 amide bonds. The molecular weight excluding hydrogens is 268 g/mol. The van der Waals surface area contributed by atoms with Gasteiger partial charge in [0.1, 0.15) is 5.41 Å². The SMILES string of the molecule is NC(=O)C(c1ccccc1)(c1cccs1)[C@@H]1CCNC1. The first-order chi connectivity index (χ1) is 9.76. The summed E-state index contributed by atoms with van der Waals surface area (Å²) in [5.74, 6) is -0.0408. The molecule has 0 bridgehead atoms. The third-order valence-corrected chi connectivity index (χ3v) is 5.21. The van der Waals surface area contributed by atoms with Gasteiger partial charge in [0.2, 0.25) is 5.91 Å². The second kappa shape index (κ2) is 5.38. The van der Waals surface area contributed by atoms with Crippen LogP contribution in [0.4, 0.5) is 0 Å². The summed E-state index contributed by atoms with van der Waals surface area (Å²) in [4.78, 5) is 13.6. The number of hydrogen-bond donors (Lipinski definition) is 2. The summed E-state index contributed by atoms with van der Waals surface area (Å²) < 4.78 is 0. The third-order valence-electron chi connectivity index (χ3n) is 4.20. The lowest BCUT2D eigenvalue weighted by molar-refractivity contribution is -0.123. The molecule has 3 N–H and O–H groups in total. The topological polar surface area (TPSA) is 55.1 Å². The van der Waals surface area contributed by atoms with Gasteiger partial charge in [0, 0.05) is 4.88 Å². The maximum absolute atomic E-state index is 12.5. The van der Waals surface area contributed by atoms with Gasteiger partial charge < -0.3 is 11.1 Å². The number of benzene rings is 1. The van der Waals surface area contributed by atoms with Crippen molar-refractivity contribution >= 4 is 17.2 Å². The number of rotatable bonds is 4. The highest BCUT2D eigenvalue weighted by atomic mass is 32.1. The molecule has 1 aliphatic heterocycles. The lowest BCUT2D eigenvalue weighted by Gasteiger charge is -2.35. The highest BCUT2D eigenvalue weighted by Gasteiger charge is 2.48. The average molecular weight is 286 g/mol. The predicted octanol–water partition coefficient (Wildman–Crippen LogP) is 2.13. The number of thiophene rings is 1. The van der Waals surface area contributed by atoms with E-state index in [0.29, 0.717) is 0 Å². The monoisotopic (exact) mass is 286 g/mol. The molecule has 3 rings (SSSR count). The maximum atomic E-state index is 12.5. The van der Waals surface area contributed by atoms with Gasteiger partial charge in [-0.15, -0.1) is 11.3 Å². The molecule has 0 radical (unpaired) electrons. The van der Waals surface area contributed by atoms with Gasteiger partial charge in [0.05, 0.1) is 0 Å². The maximum Gasteiger partial charge on any atom is 0.233 e. The van der Waals surface area contributed by atoms with Crippen LogP contribution >= 0.6 is 11.3 Å². The molecule has 0 spiro atoms. The van der Waals surface area contributed by atoms with Crippen molar-refractivity contribution in [3.8, 4) is 0 Å². The zero-order valence-corrected chi connectivity index (χ0v) is 12.0. The molecule has 0 saturated carbocycles. The van der Waals surface area contributed by atoms with Crippen LogP contribution in [0.5, 0.6) is 0 Å². The van der Waals surface area contributed by atoms with E-state index in [-0.39, 0.29) is 11.8 Å². The lowest BCUT2D eigenvalue weighted by Crippen LogP contribution is -2.48. The Kier molecular flexibility index (Phi) is 3.59. The molecule has 2 heterocycles.